The van der Waals surface area contributed by atoms with Crippen LogP contribution in [0.1, 0.15) is 30.1 Å². The van der Waals surface area contributed by atoms with Crippen molar-refractivity contribution in [3.8, 4) is 0 Å². The van der Waals surface area contributed by atoms with E-state index in [-0.39, 0.29) is 12.1 Å². The van der Waals surface area contributed by atoms with Crippen molar-refractivity contribution in [2.75, 3.05) is 30.9 Å². The van der Waals surface area contributed by atoms with Crippen molar-refractivity contribution < 1.29 is 22.1 Å². The summed E-state index contributed by atoms with van der Waals surface area (Å²) in [7, 11) is -3.41. The molecule has 0 amide bonds. The topological polar surface area (TPSA) is 72.9 Å². The Kier molecular flexibility index (Phi) is 5.42. The average molecular weight is 327 g/mol. The zero-order valence-electron chi connectivity index (χ0n) is 12.8. The number of hydrogen-bond acceptors (Lipinski definition) is 6. The Morgan fingerprint density at radius 1 is 1.32 bits per heavy atom. The minimum absolute atomic E-state index is 0.264. The fourth-order valence-electron chi connectivity index (χ4n) is 2.50. The van der Waals surface area contributed by atoms with Crippen molar-refractivity contribution in [3.05, 3.63) is 29.8 Å². The summed E-state index contributed by atoms with van der Waals surface area (Å²) in [5, 5.41) is 0. The molecule has 122 valence electrons. The first kappa shape index (κ1) is 16.8. The van der Waals surface area contributed by atoms with Gasteiger partial charge in [-0.2, -0.15) is 8.42 Å². The Morgan fingerprint density at radius 2 is 2.00 bits per heavy atom. The van der Waals surface area contributed by atoms with Gasteiger partial charge in [-0.3, -0.25) is 4.18 Å². The molecule has 1 fully saturated rings. The summed E-state index contributed by atoms with van der Waals surface area (Å²) in [6.45, 7) is 3.49. The second-order valence-electron chi connectivity index (χ2n) is 5.26. The molecule has 0 N–H and O–H groups in total. The van der Waals surface area contributed by atoms with Gasteiger partial charge in [0.25, 0.3) is 10.1 Å². The van der Waals surface area contributed by atoms with Gasteiger partial charge in [0.2, 0.25) is 0 Å². The van der Waals surface area contributed by atoms with Crippen LogP contribution in [-0.2, 0) is 19.0 Å². The third-order valence-electron chi connectivity index (χ3n) is 3.48. The minimum atomic E-state index is -3.41. The van der Waals surface area contributed by atoms with E-state index in [9.17, 15) is 13.2 Å². The number of piperidine rings is 1. The van der Waals surface area contributed by atoms with E-state index in [0.717, 1.165) is 11.9 Å². The quantitative estimate of drug-likeness (QED) is 0.606. The van der Waals surface area contributed by atoms with Crippen LogP contribution in [0.2, 0.25) is 0 Å². The molecule has 0 bridgehead atoms. The minimum Gasteiger partial charge on any atom is -0.462 e. The predicted molar refractivity (Wildman–Crippen MR) is 83.6 cm³/mol. The van der Waals surface area contributed by atoms with Crippen molar-refractivity contribution in [2.24, 2.45) is 0 Å². The lowest BCUT2D eigenvalue weighted by Crippen LogP contribution is -2.37. The fourth-order valence-corrected chi connectivity index (χ4v) is 3.19. The van der Waals surface area contributed by atoms with Gasteiger partial charge in [-0.1, -0.05) is 6.07 Å². The van der Waals surface area contributed by atoms with Crippen molar-refractivity contribution in [3.63, 3.8) is 0 Å². The maximum atomic E-state index is 11.8. The molecule has 6 nitrogen and oxygen atoms in total. The van der Waals surface area contributed by atoms with Gasteiger partial charge in [0.1, 0.15) is 0 Å². The van der Waals surface area contributed by atoms with Crippen LogP contribution in [0.3, 0.4) is 0 Å². The number of benzene rings is 1. The second-order valence-corrected chi connectivity index (χ2v) is 6.86. The second kappa shape index (κ2) is 7.11. The van der Waals surface area contributed by atoms with E-state index in [0.29, 0.717) is 38.1 Å². The van der Waals surface area contributed by atoms with Crippen LogP contribution in [0.4, 0.5) is 5.69 Å². The Morgan fingerprint density at radius 3 is 2.59 bits per heavy atom. The van der Waals surface area contributed by atoms with Gasteiger partial charge >= 0.3 is 5.97 Å². The van der Waals surface area contributed by atoms with Crippen molar-refractivity contribution in [1.82, 2.24) is 0 Å². The average Bonchev–Trinajstić information content (AvgIpc) is 2.47. The number of ether oxygens (including phenoxy) is 1. The Balaban J connectivity index is 1.99. The summed E-state index contributed by atoms with van der Waals surface area (Å²) < 4.78 is 32.3. The van der Waals surface area contributed by atoms with Crippen LogP contribution in [0.5, 0.6) is 0 Å². The number of hydrogen-bond donors (Lipinski definition) is 0. The molecular weight excluding hydrogens is 306 g/mol. The molecule has 1 saturated heterocycles. The number of carbonyl (C=O) groups is 1. The first-order valence-corrected chi connectivity index (χ1v) is 9.11. The molecule has 0 unspecified atom stereocenters. The van der Waals surface area contributed by atoms with Gasteiger partial charge in [-0.25, -0.2) is 4.79 Å². The molecule has 7 heteroatoms. The molecule has 0 spiro atoms. The summed E-state index contributed by atoms with van der Waals surface area (Å²) in [4.78, 5) is 13.9. The molecule has 1 heterocycles. The largest absolute Gasteiger partial charge is 0.462 e. The van der Waals surface area contributed by atoms with E-state index in [1.165, 1.54) is 0 Å². The molecule has 2 rings (SSSR count). The van der Waals surface area contributed by atoms with E-state index in [1.54, 1.807) is 19.1 Å². The molecule has 22 heavy (non-hydrogen) atoms. The third-order valence-corrected chi connectivity index (χ3v) is 4.10. The van der Waals surface area contributed by atoms with E-state index >= 15 is 0 Å². The fraction of sp³-hybridized carbons (Fsp3) is 0.533. The van der Waals surface area contributed by atoms with Gasteiger partial charge in [-0.05, 0) is 38.0 Å². The molecule has 1 aromatic rings. The highest BCUT2D eigenvalue weighted by Crippen LogP contribution is 2.23. The molecule has 0 aliphatic carbocycles. The molecule has 0 radical (unpaired) electrons. The monoisotopic (exact) mass is 327 g/mol. The van der Waals surface area contributed by atoms with E-state index in [1.807, 2.05) is 12.1 Å². The van der Waals surface area contributed by atoms with Crippen LogP contribution in [0.15, 0.2) is 24.3 Å². The lowest BCUT2D eigenvalue weighted by molar-refractivity contribution is 0.0526. The zero-order chi connectivity index (χ0) is 16.2. The molecule has 0 aromatic heterocycles. The van der Waals surface area contributed by atoms with Crippen molar-refractivity contribution in [2.45, 2.75) is 25.9 Å². The number of nitrogens with zero attached hydrogens (tertiary/aromatic N) is 1. The third kappa shape index (κ3) is 4.71. The van der Waals surface area contributed by atoms with Crippen LogP contribution in [0.25, 0.3) is 0 Å². The maximum Gasteiger partial charge on any atom is 0.338 e. The van der Waals surface area contributed by atoms with Gasteiger partial charge in [0.15, 0.2) is 0 Å². The van der Waals surface area contributed by atoms with Crippen LogP contribution >= 0.6 is 0 Å². The standard InChI is InChI=1S/C15H21NO5S/c1-3-20-15(17)12-5-4-6-13(11-12)16-9-7-14(8-10-16)21-22(2,18)19/h4-6,11,14H,3,7-10H2,1-2H3. The SMILES string of the molecule is CCOC(=O)c1cccc(N2CCC(OS(C)(=O)=O)CC2)c1. The normalized spacial score (nSPS) is 16.5. The number of esters is 1. The molecule has 1 aliphatic rings. The number of anilines is 1. The molecule has 0 atom stereocenters. The molecule has 0 saturated carbocycles. The lowest BCUT2D eigenvalue weighted by Gasteiger charge is -2.33. The highest BCUT2D eigenvalue weighted by atomic mass is 32.2. The van der Waals surface area contributed by atoms with Gasteiger partial charge in [-0.15, -0.1) is 0 Å². The highest BCUT2D eigenvalue weighted by molar-refractivity contribution is 7.86. The van der Waals surface area contributed by atoms with Crippen LogP contribution in [-0.4, -0.2) is 46.4 Å². The van der Waals surface area contributed by atoms with Crippen LogP contribution < -0.4 is 4.90 Å². The molecule has 1 aliphatic heterocycles. The molecule has 1 aromatic carbocycles. The zero-order valence-corrected chi connectivity index (χ0v) is 13.6. The first-order chi connectivity index (χ1) is 10.4. The Hall–Kier alpha value is -1.60. The van der Waals surface area contributed by atoms with Gasteiger partial charge in [0.05, 0.1) is 24.5 Å². The first-order valence-electron chi connectivity index (χ1n) is 7.29. The van der Waals surface area contributed by atoms with Crippen LogP contribution in [0, 0.1) is 0 Å². The summed E-state index contributed by atoms with van der Waals surface area (Å²) in [5.74, 6) is -0.334. The maximum absolute atomic E-state index is 11.8. The van der Waals surface area contributed by atoms with Gasteiger partial charge < -0.3 is 9.64 Å². The van der Waals surface area contributed by atoms with Gasteiger partial charge in [0, 0.05) is 18.8 Å². The summed E-state index contributed by atoms with van der Waals surface area (Å²) in [6.07, 6.45) is 2.08. The summed E-state index contributed by atoms with van der Waals surface area (Å²) in [6, 6.07) is 7.28. The summed E-state index contributed by atoms with van der Waals surface area (Å²) in [5.41, 5.74) is 1.46. The molecular formula is C15H21NO5S. The van der Waals surface area contributed by atoms with Crippen molar-refractivity contribution in [1.29, 1.82) is 0 Å². The van der Waals surface area contributed by atoms with E-state index < -0.39 is 10.1 Å². The smallest absolute Gasteiger partial charge is 0.338 e. The lowest BCUT2D eigenvalue weighted by atomic mass is 10.1. The predicted octanol–water partition coefficient (Wildman–Crippen LogP) is 1.81. The van der Waals surface area contributed by atoms with Crippen molar-refractivity contribution >= 4 is 21.8 Å². The summed E-state index contributed by atoms with van der Waals surface area (Å²) >= 11 is 0. The van der Waals surface area contributed by atoms with E-state index in [4.69, 9.17) is 8.92 Å². The van der Waals surface area contributed by atoms with E-state index in [2.05, 4.69) is 4.90 Å². The Labute approximate surface area is 131 Å². The number of rotatable bonds is 5. The number of carbonyl (C=O) groups excluding carboxylic acids is 1. The highest BCUT2D eigenvalue weighted by Gasteiger charge is 2.23. The Bertz CT molecular complexity index is 621.